The highest BCUT2D eigenvalue weighted by atomic mass is 16.3. The Hall–Kier alpha value is -1.65. The minimum absolute atomic E-state index is 0.0216. The van der Waals surface area contributed by atoms with Crippen molar-refractivity contribution in [1.82, 2.24) is 10.2 Å². The zero-order chi connectivity index (χ0) is 15.9. The summed E-state index contributed by atoms with van der Waals surface area (Å²) in [5, 5.41) is 12.4. The van der Waals surface area contributed by atoms with E-state index in [-0.39, 0.29) is 18.6 Å². The van der Waals surface area contributed by atoms with Gasteiger partial charge in [-0.15, -0.1) is 0 Å². The number of amides is 1. The molecule has 1 unspecified atom stereocenters. The van der Waals surface area contributed by atoms with E-state index in [9.17, 15) is 9.90 Å². The number of aliphatic hydroxyl groups excluding tert-OH is 1. The fraction of sp³-hybridized carbons (Fsp3) is 0.500. The van der Waals surface area contributed by atoms with E-state index in [2.05, 4.69) is 22.3 Å². The highest BCUT2D eigenvalue weighted by Gasteiger charge is 2.24. The van der Waals surface area contributed by atoms with Gasteiger partial charge in [0.05, 0.1) is 6.61 Å². The van der Waals surface area contributed by atoms with E-state index in [1.807, 2.05) is 32.1 Å². The average molecular weight is 302 g/mol. The molecule has 1 heterocycles. The molecule has 1 amide bonds. The molecule has 120 valence electrons. The molecule has 0 saturated carbocycles. The third-order valence-corrected chi connectivity index (χ3v) is 4.43. The number of aliphatic hydroxyl groups is 1. The smallest absolute Gasteiger partial charge is 0.246 e. The molecule has 1 aromatic rings. The monoisotopic (exact) mass is 302 g/mol. The lowest BCUT2D eigenvalue weighted by molar-refractivity contribution is -0.117. The lowest BCUT2D eigenvalue weighted by Gasteiger charge is -2.24. The van der Waals surface area contributed by atoms with Crippen LogP contribution in [0.3, 0.4) is 0 Å². The first-order chi connectivity index (χ1) is 10.7. The Morgan fingerprint density at radius 3 is 2.82 bits per heavy atom. The van der Waals surface area contributed by atoms with Crippen LogP contribution in [-0.2, 0) is 17.9 Å². The molecule has 4 nitrogen and oxygen atoms in total. The van der Waals surface area contributed by atoms with Gasteiger partial charge in [0.15, 0.2) is 0 Å². The molecule has 4 heteroatoms. The van der Waals surface area contributed by atoms with Crippen molar-refractivity contribution in [3.63, 3.8) is 0 Å². The number of carbonyl (C=O) groups is 1. The van der Waals surface area contributed by atoms with E-state index < -0.39 is 0 Å². The maximum atomic E-state index is 11.9. The van der Waals surface area contributed by atoms with Crippen molar-refractivity contribution >= 4 is 5.91 Å². The van der Waals surface area contributed by atoms with E-state index in [1.165, 1.54) is 5.56 Å². The number of nitrogens with one attached hydrogen (secondary N) is 1. The Morgan fingerprint density at radius 2 is 2.14 bits per heavy atom. The maximum absolute atomic E-state index is 11.9. The third kappa shape index (κ3) is 4.18. The summed E-state index contributed by atoms with van der Waals surface area (Å²) in [6.45, 7) is 6.31. The van der Waals surface area contributed by atoms with Gasteiger partial charge in [0.25, 0.3) is 0 Å². The molecule has 0 radical (unpaired) electrons. The molecule has 1 aliphatic rings. The fourth-order valence-corrected chi connectivity index (χ4v) is 2.86. The Kier molecular flexibility index (Phi) is 6.16. The van der Waals surface area contributed by atoms with Crippen molar-refractivity contribution in [1.29, 1.82) is 0 Å². The molecular weight excluding hydrogens is 276 g/mol. The number of likely N-dealkylation sites (tertiary alicyclic amines) is 1. The first-order valence-electron chi connectivity index (χ1n) is 7.98. The van der Waals surface area contributed by atoms with Crippen LogP contribution in [0.1, 0.15) is 37.8 Å². The van der Waals surface area contributed by atoms with Gasteiger partial charge in [0.2, 0.25) is 5.91 Å². The normalized spacial score (nSPS) is 19.4. The summed E-state index contributed by atoms with van der Waals surface area (Å²) >= 11 is 0. The molecule has 1 atom stereocenters. The summed E-state index contributed by atoms with van der Waals surface area (Å²) in [6, 6.07) is 8.47. The van der Waals surface area contributed by atoms with Crippen molar-refractivity contribution in [3.05, 3.63) is 47.0 Å². The summed E-state index contributed by atoms with van der Waals surface area (Å²) in [5.41, 5.74) is 3.10. The van der Waals surface area contributed by atoms with E-state index in [0.29, 0.717) is 6.54 Å². The SMILES string of the molecule is CC=C(C)C(=O)NCc1ccccc1CN1CCCC1CO. The number of hydrogen-bond acceptors (Lipinski definition) is 3. The van der Waals surface area contributed by atoms with Crippen LogP contribution in [-0.4, -0.2) is 35.1 Å². The summed E-state index contributed by atoms with van der Waals surface area (Å²) in [7, 11) is 0. The molecule has 1 fully saturated rings. The first-order valence-corrected chi connectivity index (χ1v) is 7.98. The molecular formula is C18H26N2O2. The first kappa shape index (κ1) is 16.7. The number of allylic oxidation sites excluding steroid dienone is 1. The summed E-state index contributed by atoms with van der Waals surface area (Å²) in [6.07, 6.45) is 4.03. The second kappa shape index (κ2) is 8.11. The van der Waals surface area contributed by atoms with Gasteiger partial charge >= 0.3 is 0 Å². The van der Waals surface area contributed by atoms with Crippen LogP contribution >= 0.6 is 0 Å². The second-order valence-electron chi connectivity index (χ2n) is 5.87. The minimum Gasteiger partial charge on any atom is -0.395 e. The number of nitrogens with zero attached hydrogens (tertiary/aromatic N) is 1. The molecule has 2 N–H and O–H groups in total. The van der Waals surface area contributed by atoms with Gasteiger partial charge in [-0.25, -0.2) is 0 Å². The van der Waals surface area contributed by atoms with Crippen LogP contribution in [0.5, 0.6) is 0 Å². The van der Waals surface area contributed by atoms with Gasteiger partial charge in [-0.1, -0.05) is 30.3 Å². The van der Waals surface area contributed by atoms with Crippen LogP contribution in [0.4, 0.5) is 0 Å². The van der Waals surface area contributed by atoms with Crippen molar-refractivity contribution in [3.8, 4) is 0 Å². The van der Waals surface area contributed by atoms with Crippen LogP contribution in [0.15, 0.2) is 35.9 Å². The molecule has 1 aliphatic heterocycles. The van der Waals surface area contributed by atoms with Crippen molar-refractivity contribution < 1.29 is 9.90 Å². The van der Waals surface area contributed by atoms with E-state index in [1.54, 1.807) is 0 Å². The van der Waals surface area contributed by atoms with Gasteiger partial charge in [0, 0.05) is 24.7 Å². The predicted octanol–water partition coefficient (Wildman–Crippen LogP) is 2.23. The quantitative estimate of drug-likeness (QED) is 0.792. The van der Waals surface area contributed by atoms with Crippen molar-refractivity contribution in [2.45, 2.75) is 45.8 Å². The largest absolute Gasteiger partial charge is 0.395 e. The second-order valence-corrected chi connectivity index (χ2v) is 5.87. The number of hydrogen-bond donors (Lipinski definition) is 2. The standard InChI is InChI=1S/C18H26N2O2/c1-3-14(2)18(22)19-11-15-7-4-5-8-16(15)12-20-10-6-9-17(20)13-21/h3-5,7-8,17,21H,6,9-13H2,1-2H3,(H,19,22). The summed E-state index contributed by atoms with van der Waals surface area (Å²) in [5.74, 6) is -0.0216. The molecule has 1 saturated heterocycles. The molecule has 2 rings (SSSR count). The van der Waals surface area contributed by atoms with Crippen LogP contribution < -0.4 is 5.32 Å². The number of rotatable bonds is 6. The number of benzene rings is 1. The van der Waals surface area contributed by atoms with E-state index in [0.717, 1.165) is 37.1 Å². The molecule has 0 bridgehead atoms. The Balaban J connectivity index is 2.02. The predicted molar refractivity (Wildman–Crippen MR) is 88.2 cm³/mol. The highest BCUT2D eigenvalue weighted by Crippen LogP contribution is 2.21. The fourth-order valence-electron chi connectivity index (χ4n) is 2.86. The van der Waals surface area contributed by atoms with Crippen LogP contribution in [0, 0.1) is 0 Å². The van der Waals surface area contributed by atoms with Gasteiger partial charge < -0.3 is 10.4 Å². The summed E-state index contributed by atoms with van der Waals surface area (Å²) < 4.78 is 0. The third-order valence-electron chi connectivity index (χ3n) is 4.43. The zero-order valence-electron chi connectivity index (χ0n) is 13.5. The average Bonchev–Trinajstić information content (AvgIpc) is 3.00. The molecule has 0 spiro atoms. The molecule has 1 aromatic carbocycles. The Morgan fingerprint density at radius 1 is 1.41 bits per heavy atom. The Labute approximate surface area is 132 Å². The van der Waals surface area contributed by atoms with E-state index in [4.69, 9.17) is 0 Å². The lowest BCUT2D eigenvalue weighted by Crippen LogP contribution is -2.32. The summed E-state index contributed by atoms with van der Waals surface area (Å²) in [4.78, 5) is 14.2. The van der Waals surface area contributed by atoms with Gasteiger partial charge in [0.1, 0.15) is 0 Å². The molecule has 22 heavy (non-hydrogen) atoms. The van der Waals surface area contributed by atoms with Gasteiger partial charge in [-0.2, -0.15) is 0 Å². The molecule has 0 aromatic heterocycles. The minimum atomic E-state index is -0.0216. The highest BCUT2D eigenvalue weighted by molar-refractivity contribution is 5.92. The topological polar surface area (TPSA) is 52.6 Å². The zero-order valence-corrected chi connectivity index (χ0v) is 13.5. The van der Waals surface area contributed by atoms with E-state index >= 15 is 0 Å². The Bertz CT molecular complexity index is 540. The van der Waals surface area contributed by atoms with Crippen molar-refractivity contribution in [2.24, 2.45) is 0 Å². The molecule has 0 aliphatic carbocycles. The van der Waals surface area contributed by atoms with Gasteiger partial charge in [-0.3, -0.25) is 9.69 Å². The van der Waals surface area contributed by atoms with Crippen molar-refractivity contribution in [2.75, 3.05) is 13.2 Å². The van der Waals surface area contributed by atoms with Gasteiger partial charge in [-0.05, 0) is 44.4 Å². The lowest BCUT2D eigenvalue weighted by atomic mass is 10.1. The van der Waals surface area contributed by atoms with Crippen LogP contribution in [0.25, 0.3) is 0 Å². The number of carbonyl (C=O) groups excluding carboxylic acids is 1. The maximum Gasteiger partial charge on any atom is 0.246 e. The van der Waals surface area contributed by atoms with Crippen LogP contribution in [0.2, 0.25) is 0 Å².